The van der Waals surface area contributed by atoms with E-state index in [9.17, 15) is 14.7 Å². The number of carbonyl (C=O) groups is 2. The summed E-state index contributed by atoms with van der Waals surface area (Å²) < 4.78 is 5.32. The standard InChI is InChI=1S/C24H26N4O4/c1-16(29)26-20-5-3-2-4-18(20)17-8-10-25-23-19(17)6-7-21(24(23)31)27-22(30)9-11-28-12-14-32-15-13-28/h2-8,10,31H,9,11-15H2,1H3,(H,26,29)(H,27,30). The smallest absolute Gasteiger partial charge is 0.225 e. The van der Waals surface area contributed by atoms with Crippen LogP contribution < -0.4 is 10.6 Å². The molecule has 0 atom stereocenters. The maximum atomic E-state index is 12.4. The van der Waals surface area contributed by atoms with E-state index >= 15 is 0 Å². The summed E-state index contributed by atoms with van der Waals surface area (Å²) in [6, 6.07) is 12.8. The second kappa shape index (κ2) is 9.76. The van der Waals surface area contributed by atoms with Crippen LogP contribution in [0.5, 0.6) is 5.75 Å². The van der Waals surface area contributed by atoms with Crippen LogP contribution in [-0.2, 0) is 14.3 Å². The summed E-state index contributed by atoms with van der Waals surface area (Å²) in [6.45, 7) is 5.12. The number of fused-ring (bicyclic) bond motifs is 1. The fraction of sp³-hybridized carbons (Fsp3) is 0.292. The predicted molar refractivity (Wildman–Crippen MR) is 124 cm³/mol. The lowest BCUT2D eigenvalue weighted by Crippen LogP contribution is -2.38. The third-order valence-corrected chi connectivity index (χ3v) is 5.45. The fourth-order valence-electron chi connectivity index (χ4n) is 3.85. The highest BCUT2D eigenvalue weighted by atomic mass is 16.5. The number of rotatable bonds is 6. The van der Waals surface area contributed by atoms with Gasteiger partial charge in [0.1, 0.15) is 5.52 Å². The maximum absolute atomic E-state index is 12.4. The average molecular weight is 434 g/mol. The molecule has 8 nitrogen and oxygen atoms in total. The van der Waals surface area contributed by atoms with Gasteiger partial charge < -0.3 is 20.5 Å². The molecule has 3 aromatic rings. The Morgan fingerprint density at radius 1 is 1.03 bits per heavy atom. The number of ether oxygens (including phenoxy) is 1. The van der Waals surface area contributed by atoms with Gasteiger partial charge >= 0.3 is 0 Å². The molecule has 0 spiro atoms. The minimum Gasteiger partial charge on any atom is -0.504 e. The molecule has 1 aliphatic heterocycles. The fourth-order valence-corrected chi connectivity index (χ4v) is 3.85. The van der Waals surface area contributed by atoms with Gasteiger partial charge in [-0.25, -0.2) is 0 Å². The second-order valence-corrected chi connectivity index (χ2v) is 7.70. The number of phenols is 1. The topological polar surface area (TPSA) is 104 Å². The summed E-state index contributed by atoms with van der Waals surface area (Å²) in [5.41, 5.74) is 3.01. The molecule has 1 fully saturated rings. The molecule has 0 saturated carbocycles. The highest BCUT2D eigenvalue weighted by Gasteiger charge is 2.16. The van der Waals surface area contributed by atoms with E-state index in [0.29, 0.717) is 48.5 Å². The summed E-state index contributed by atoms with van der Waals surface area (Å²) in [5.74, 6) is -0.417. The van der Waals surface area contributed by atoms with Gasteiger partial charge in [-0.3, -0.25) is 19.5 Å². The number of hydrogen-bond acceptors (Lipinski definition) is 6. The van der Waals surface area contributed by atoms with E-state index in [4.69, 9.17) is 4.74 Å². The molecule has 2 amide bonds. The summed E-state index contributed by atoms with van der Waals surface area (Å²) >= 11 is 0. The number of nitrogens with zero attached hydrogens (tertiary/aromatic N) is 2. The minimum absolute atomic E-state index is 0.0823. The lowest BCUT2D eigenvalue weighted by molar-refractivity contribution is -0.117. The first kappa shape index (κ1) is 21.7. The van der Waals surface area contributed by atoms with Crippen molar-refractivity contribution in [3.63, 3.8) is 0 Å². The van der Waals surface area contributed by atoms with Gasteiger partial charge in [-0.2, -0.15) is 0 Å². The highest BCUT2D eigenvalue weighted by molar-refractivity contribution is 6.05. The molecule has 3 N–H and O–H groups in total. The molecule has 2 aromatic carbocycles. The van der Waals surface area contributed by atoms with Crippen LogP contribution in [0.2, 0.25) is 0 Å². The number of nitrogens with one attached hydrogen (secondary N) is 2. The molecule has 0 unspecified atom stereocenters. The van der Waals surface area contributed by atoms with Crippen LogP contribution in [0, 0.1) is 0 Å². The molecule has 1 aromatic heterocycles. The van der Waals surface area contributed by atoms with Crippen molar-refractivity contribution in [3.05, 3.63) is 48.7 Å². The Morgan fingerprint density at radius 2 is 1.81 bits per heavy atom. The largest absolute Gasteiger partial charge is 0.504 e. The van der Waals surface area contributed by atoms with Gasteiger partial charge in [0.15, 0.2) is 5.75 Å². The summed E-state index contributed by atoms with van der Waals surface area (Å²) in [6.07, 6.45) is 1.93. The molecular formula is C24H26N4O4. The van der Waals surface area contributed by atoms with E-state index in [1.54, 1.807) is 12.3 Å². The molecule has 32 heavy (non-hydrogen) atoms. The van der Waals surface area contributed by atoms with Gasteiger partial charge in [0.25, 0.3) is 0 Å². The van der Waals surface area contributed by atoms with Gasteiger partial charge in [-0.1, -0.05) is 18.2 Å². The van der Waals surface area contributed by atoms with Crippen LogP contribution in [0.15, 0.2) is 48.7 Å². The molecule has 0 bridgehead atoms. The summed E-state index contributed by atoms with van der Waals surface area (Å²) in [4.78, 5) is 30.6. The number of aromatic hydroxyl groups is 1. The van der Waals surface area contributed by atoms with Crippen molar-refractivity contribution in [1.29, 1.82) is 0 Å². The summed E-state index contributed by atoms with van der Waals surface area (Å²) in [5, 5.41) is 17.2. The van der Waals surface area contributed by atoms with E-state index < -0.39 is 0 Å². The van der Waals surface area contributed by atoms with Gasteiger partial charge in [0.05, 0.1) is 18.9 Å². The van der Waals surface area contributed by atoms with E-state index in [1.165, 1.54) is 6.92 Å². The first-order valence-corrected chi connectivity index (χ1v) is 10.6. The van der Waals surface area contributed by atoms with Crippen molar-refractivity contribution in [2.75, 3.05) is 43.5 Å². The van der Waals surface area contributed by atoms with Crippen molar-refractivity contribution in [1.82, 2.24) is 9.88 Å². The van der Waals surface area contributed by atoms with E-state index in [2.05, 4.69) is 20.5 Å². The lowest BCUT2D eigenvalue weighted by Gasteiger charge is -2.26. The van der Waals surface area contributed by atoms with Crippen molar-refractivity contribution in [2.45, 2.75) is 13.3 Å². The molecule has 1 saturated heterocycles. The van der Waals surface area contributed by atoms with Gasteiger partial charge in [0, 0.05) is 55.8 Å². The SMILES string of the molecule is CC(=O)Nc1ccccc1-c1ccnc2c(O)c(NC(=O)CCN3CCOCC3)ccc12. The number of anilines is 2. The minimum atomic E-state index is -0.168. The Kier molecular flexibility index (Phi) is 6.63. The number of morpholine rings is 1. The van der Waals surface area contributed by atoms with Gasteiger partial charge in [-0.15, -0.1) is 0 Å². The van der Waals surface area contributed by atoms with Crippen molar-refractivity contribution in [3.8, 4) is 16.9 Å². The Bertz CT molecular complexity index is 1140. The predicted octanol–water partition coefficient (Wildman–Crippen LogP) is 3.23. The molecule has 1 aliphatic rings. The van der Waals surface area contributed by atoms with Crippen LogP contribution in [0.4, 0.5) is 11.4 Å². The number of benzene rings is 2. The second-order valence-electron chi connectivity index (χ2n) is 7.70. The normalized spacial score (nSPS) is 14.3. The zero-order valence-corrected chi connectivity index (χ0v) is 17.9. The van der Waals surface area contributed by atoms with Gasteiger partial charge in [0.2, 0.25) is 11.8 Å². The number of para-hydroxylation sites is 1. The molecule has 8 heteroatoms. The van der Waals surface area contributed by atoms with E-state index in [0.717, 1.165) is 24.2 Å². The Hall–Kier alpha value is -3.49. The Morgan fingerprint density at radius 3 is 2.59 bits per heavy atom. The third-order valence-electron chi connectivity index (χ3n) is 5.45. The first-order valence-electron chi connectivity index (χ1n) is 10.6. The molecule has 4 rings (SSSR count). The first-order chi connectivity index (χ1) is 15.5. The van der Waals surface area contributed by atoms with Crippen molar-refractivity contribution in [2.24, 2.45) is 0 Å². The van der Waals surface area contributed by atoms with E-state index in [-0.39, 0.29) is 17.6 Å². The molecule has 166 valence electrons. The van der Waals surface area contributed by atoms with E-state index in [1.807, 2.05) is 36.4 Å². The molecule has 0 aliphatic carbocycles. The monoisotopic (exact) mass is 434 g/mol. The van der Waals surface area contributed by atoms with Crippen molar-refractivity contribution < 1.29 is 19.4 Å². The van der Waals surface area contributed by atoms with Gasteiger partial charge in [-0.05, 0) is 29.8 Å². The number of phenolic OH excluding ortho intramolecular Hbond substituents is 1. The third kappa shape index (κ3) is 4.87. The zero-order valence-electron chi connectivity index (χ0n) is 17.9. The number of pyridine rings is 1. The summed E-state index contributed by atoms with van der Waals surface area (Å²) in [7, 11) is 0. The number of carbonyl (C=O) groups excluding carboxylic acids is 2. The lowest BCUT2D eigenvalue weighted by atomic mass is 9.99. The molecular weight excluding hydrogens is 408 g/mol. The Labute approximate surface area is 186 Å². The molecule has 2 heterocycles. The number of aromatic nitrogens is 1. The zero-order chi connectivity index (χ0) is 22.5. The average Bonchev–Trinajstić information content (AvgIpc) is 2.80. The number of amides is 2. The van der Waals surface area contributed by atoms with Crippen LogP contribution in [0.3, 0.4) is 0 Å². The van der Waals surface area contributed by atoms with Crippen LogP contribution in [0.1, 0.15) is 13.3 Å². The highest BCUT2D eigenvalue weighted by Crippen LogP contribution is 2.38. The maximum Gasteiger partial charge on any atom is 0.225 e. The Balaban J connectivity index is 1.58. The van der Waals surface area contributed by atoms with Crippen LogP contribution in [0.25, 0.3) is 22.0 Å². The van der Waals surface area contributed by atoms with Crippen LogP contribution >= 0.6 is 0 Å². The van der Waals surface area contributed by atoms with Crippen molar-refractivity contribution >= 4 is 34.1 Å². The van der Waals surface area contributed by atoms with Crippen LogP contribution in [-0.4, -0.2) is 59.7 Å². The molecule has 0 radical (unpaired) electrons. The quantitative estimate of drug-likeness (QED) is 0.515. The number of hydrogen-bond donors (Lipinski definition) is 3.